The highest BCUT2D eigenvalue weighted by Crippen LogP contribution is 2.23. The van der Waals surface area contributed by atoms with Gasteiger partial charge in [-0.15, -0.1) is 0 Å². The van der Waals surface area contributed by atoms with Crippen LogP contribution in [-0.2, 0) is 24.2 Å². The van der Waals surface area contributed by atoms with E-state index in [0.29, 0.717) is 17.9 Å². The van der Waals surface area contributed by atoms with Gasteiger partial charge >= 0.3 is 0 Å². The molecule has 31 heavy (non-hydrogen) atoms. The predicted molar refractivity (Wildman–Crippen MR) is 123 cm³/mol. The molecule has 0 aliphatic heterocycles. The Balaban J connectivity index is 1.54. The number of nitrogens with one attached hydrogen (secondary N) is 2. The molecule has 0 saturated carbocycles. The lowest BCUT2D eigenvalue weighted by Crippen LogP contribution is -2.28. The van der Waals surface area contributed by atoms with Gasteiger partial charge in [-0.3, -0.25) is 9.59 Å². The van der Waals surface area contributed by atoms with Gasteiger partial charge < -0.3 is 15.4 Å². The number of aryl methyl sites for hydroxylation is 2. The third kappa shape index (κ3) is 6.19. The van der Waals surface area contributed by atoms with Crippen molar-refractivity contribution in [2.24, 2.45) is 0 Å². The standard InChI is InChI=1S/C26H28N2O3/c1-3-20-11-8-12-21(4-2)25(20)28-26(30)22-13-15-23(16-14-22)31-18-24(29)27-17-19-9-6-5-7-10-19/h5-16H,3-4,17-18H2,1-2H3,(H,27,29)(H,28,30). The summed E-state index contributed by atoms with van der Waals surface area (Å²) in [6, 6.07) is 22.6. The van der Waals surface area contributed by atoms with Gasteiger partial charge in [0.2, 0.25) is 0 Å². The maximum absolute atomic E-state index is 12.7. The molecule has 0 aromatic heterocycles. The van der Waals surface area contributed by atoms with Crippen LogP contribution in [0.2, 0.25) is 0 Å². The summed E-state index contributed by atoms with van der Waals surface area (Å²) in [5, 5.41) is 5.88. The van der Waals surface area contributed by atoms with Crippen molar-refractivity contribution in [1.82, 2.24) is 5.32 Å². The Morgan fingerprint density at radius 3 is 2.06 bits per heavy atom. The fourth-order valence-electron chi connectivity index (χ4n) is 3.29. The number of para-hydroxylation sites is 1. The molecule has 0 aliphatic rings. The predicted octanol–water partition coefficient (Wildman–Crippen LogP) is 4.76. The van der Waals surface area contributed by atoms with Crippen LogP contribution in [0.4, 0.5) is 5.69 Å². The minimum absolute atomic E-state index is 0.0812. The molecular formula is C26H28N2O3. The second-order valence-corrected chi connectivity index (χ2v) is 7.19. The molecule has 2 N–H and O–H groups in total. The maximum atomic E-state index is 12.7. The third-order valence-corrected chi connectivity index (χ3v) is 5.06. The molecule has 0 aliphatic carbocycles. The summed E-state index contributed by atoms with van der Waals surface area (Å²) in [6.07, 6.45) is 1.70. The fraction of sp³-hybridized carbons (Fsp3) is 0.231. The highest BCUT2D eigenvalue weighted by Gasteiger charge is 2.12. The van der Waals surface area contributed by atoms with Gasteiger partial charge in [0.1, 0.15) is 5.75 Å². The highest BCUT2D eigenvalue weighted by molar-refractivity contribution is 6.05. The Morgan fingerprint density at radius 2 is 1.45 bits per heavy atom. The molecule has 0 atom stereocenters. The summed E-state index contributed by atoms with van der Waals surface area (Å²) in [5.41, 5.74) is 4.70. The number of carbonyl (C=O) groups is 2. The summed E-state index contributed by atoms with van der Waals surface area (Å²) in [7, 11) is 0. The first-order chi connectivity index (χ1) is 15.1. The van der Waals surface area contributed by atoms with E-state index in [-0.39, 0.29) is 18.4 Å². The monoisotopic (exact) mass is 416 g/mol. The minimum atomic E-state index is -0.200. The largest absolute Gasteiger partial charge is 0.484 e. The zero-order chi connectivity index (χ0) is 22.1. The van der Waals surface area contributed by atoms with Crippen molar-refractivity contribution in [3.63, 3.8) is 0 Å². The van der Waals surface area contributed by atoms with E-state index in [0.717, 1.165) is 35.2 Å². The van der Waals surface area contributed by atoms with Crippen molar-refractivity contribution in [2.45, 2.75) is 33.2 Å². The average Bonchev–Trinajstić information content (AvgIpc) is 2.82. The number of hydrogen-bond acceptors (Lipinski definition) is 3. The van der Waals surface area contributed by atoms with Gasteiger partial charge in [-0.2, -0.15) is 0 Å². The molecule has 2 amide bonds. The van der Waals surface area contributed by atoms with Crippen molar-refractivity contribution in [3.05, 3.63) is 95.1 Å². The number of amides is 2. The summed E-state index contributed by atoms with van der Waals surface area (Å²) >= 11 is 0. The molecule has 3 rings (SSSR count). The summed E-state index contributed by atoms with van der Waals surface area (Å²) in [6.45, 7) is 4.53. The molecule has 0 heterocycles. The highest BCUT2D eigenvalue weighted by atomic mass is 16.5. The topological polar surface area (TPSA) is 67.4 Å². The molecule has 5 heteroatoms. The fourth-order valence-corrected chi connectivity index (χ4v) is 3.29. The van der Waals surface area contributed by atoms with E-state index in [1.807, 2.05) is 48.5 Å². The molecular weight excluding hydrogens is 388 g/mol. The summed E-state index contributed by atoms with van der Waals surface area (Å²) < 4.78 is 5.54. The summed E-state index contributed by atoms with van der Waals surface area (Å²) in [5.74, 6) is 0.173. The van der Waals surface area contributed by atoms with Crippen LogP contribution in [0.15, 0.2) is 72.8 Å². The van der Waals surface area contributed by atoms with Gasteiger partial charge in [0.05, 0.1) is 0 Å². The normalized spacial score (nSPS) is 10.4. The Labute approximate surface area is 183 Å². The van der Waals surface area contributed by atoms with Gasteiger partial charge in [-0.05, 0) is 53.8 Å². The van der Waals surface area contributed by atoms with Gasteiger partial charge in [-0.25, -0.2) is 0 Å². The number of hydrogen-bond donors (Lipinski definition) is 2. The SMILES string of the molecule is CCc1cccc(CC)c1NC(=O)c1ccc(OCC(=O)NCc2ccccc2)cc1. The average molecular weight is 417 g/mol. The van der Waals surface area contributed by atoms with Crippen LogP contribution in [0.5, 0.6) is 5.75 Å². The van der Waals surface area contributed by atoms with Gasteiger partial charge in [0.25, 0.3) is 11.8 Å². The van der Waals surface area contributed by atoms with Crippen LogP contribution in [-0.4, -0.2) is 18.4 Å². The molecule has 3 aromatic carbocycles. The molecule has 160 valence electrons. The zero-order valence-electron chi connectivity index (χ0n) is 18.0. The van der Waals surface area contributed by atoms with Crippen LogP contribution in [0.1, 0.15) is 40.9 Å². The molecule has 3 aromatic rings. The van der Waals surface area contributed by atoms with E-state index in [1.54, 1.807) is 24.3 Å². The number of carbonyl (C=O) groups excluding carboxylic acids is 2. The first-order valence-corrected chi connectivity index (χ1v) is 10.6. The summed E-state index contributed by atoms with van der Waals surface area (Å²) in [4.78, 5) is 24.7. The lowest BCUT2D eigenvalue weighted by Gasteiger charge is -2.14. The maximum Gasteiger partial charge on any atom is 0.258 e. The number of anilines is 1. The Morgan fingerprint density at radius 1 is 0.806 bits per heavy atom. The van der Waals surface area contributed by atoms with Gasteiger partial charge in [0, 0.05) is 17.8 Å². The van der Waals surface area contributed by atoms with Crippen LogP contribution < -0.4 is 15.4 Å². The molecule has 0 unspecified atom stereocenters. The van der Waals surface area contributed by atoms with E-state index in [1.165, 1.54) is 0 Å². The second-order valence-electron chi connectivity index (χ2n) is 7.19. The van der Waals surface area contributed by atoms with Crippen molar-refractivity contribution < 1.29 is 14.3 Å². The van der Waals surface area contributed by atoms with Crippen LogP contribution >= 0.6 is 0 Å². The van der Waals surface area contributed by atoms with Crippen LogP contribution in [0.25, 0.3) is 0 Å². The smallest absolute Gasteiger partial charge is 0.258 e. The van der Waals surface area contributed by atoms with E-state index in [4.69, 9.17) is 4.74 Å². The van der Waals surface area contributed by atoms with E-state index < -0.39 is 0 Å². The Hall–Kier alpha value is -3.60. The first kappa shape index (κ1) is 22.1. The van der Waals surface area contributed by atoms with Gasteiger partial charge in [0.15, 0.2) is 6.61 Å². The van der Waals surface area contributed by atoms with Crippen molar-refractivity contribution >= 4 is 17.5 Å². The van der Waals surface area contributed by atoms with Crippen LogP contribution in [0, 0.1) is 0 Å². The lowest BCUT2D eigenvalue weighted by atomic mass is 10.0. The number of ether oxygens (including phenoxy) is 1. The zero-order valence-corrected chi connectivity index (χ0v) is 18.0. The van der Waals surface area contributed by atoms with Gasteiger partial charge in [-0.1, -0.05) is 62.4 Å². The molecule has 5 nitrogen and oxygen atoms in total. The third-order valence-electron chi connectivity index (χ3n) is 5.06. The molecule has 0 spiro atoms. The minimum Gasteiger partial charge on any atom is -0.484 e. The quantitative estimate of drug-likeness (QED) is 0.529. The van der Waals surface area contributed by atoms with Crippen LogP contribution in [0.3, 0.4) is 0 Å². The second kappa shape index (κ2) is 11.0. The molecule has 0 saturated heterocycles. The lowest BCUT2D eigenvalue weighted by molar-refractivity contribution is -0.123. The van der Waals surface area contributed by atoms with Crippen molar-refractivity contribution in [3.8, 4) is 5.75 Å². The van der Waals surface area contributed by atoms with E-state index in [2.05, 4.69) is 24.5 Å². The Bertz CT molecular complexity index is 992. The van der Waals surface area contributed by atoms with Crippen molar-refractivity contribution in [1.29, 1.82) is 0 Å². The van der Waals surface area contributed by atoms with E-state index >= 15 is 0 Å². The number of benzene rings is 3. The molecule has 0 bridgehead atoms. The van der Waals surface area contributed by atoms with E-state index in [9.17, 15) is 9.59 Å². The van der Waals surface area contributed by atoms with Crippen molar-refractivity contribution in [2.75, 3.05) is 11.9 Å². The Kier molecular flexibility index (Phi) is 7.82. The molecule has 0 radical (unpaired) electrons. The number of rotatable bonds is 9. The first-order valence-electron chi connectivity index (χ1n) is 10.6. The molecule has 0 fully saturated rings.